The van der Waals surface area contributed by atoms with Gasteiger partial charge in [-0.2, -0.15) is 0 Å². The maximum Gasteiger partial charge on any atom is 0.337 e. The van der Waals surface area contributed by atoms with E-state index in [2.05, 4.69) is 20.3 Å². The van der Waals surface area contributed by atoms with Crippen LogP contribution in [0.5, 0.6) is 0 Å². The number of carbonyl (C=O) groups excluding carboxylic acids is 2. The molecular formula is C20H16ClN3O3S. The van der Waals surface area contributed by atoms with Gasteiger partial charge in [0.2, 0.25) is 5.91 Å². The highest BCUT2D eigenvalue weighted by Gasteiger charge is 2.08. The highest BCUT2D eigenvalue weighted by Crippen LogP contribution is 2.21. The summed E-state index contributed by atoms with van der Waals surface area (Å²) in [7, 11) is 1.32. The molecule has 0 bridgehead atoms. The Hall–Kier alpha value is -2.90. The summed E-state index contributed by atoms with van der Waals surface area (Å²) < 4.78 is 4.64. The van der Waals surface area contributed by atoms with Gasteiger partial charge in [0.15, 0.2) is 0 Å². The molecule has 6 nitrogen and oxygen atoms in total. The van der Waals surface area contributed by atoms with Crippen LogP contribution in [0.15, 0.2) is 65.7 Å². The monoisotopic (exact) mass is 413 g/mol. The summed E-state index contributed by atoms with van der Waals surface area (Å²) in [4.78, 5) is 23.5. The molecule has 1 amide bonds. The molecule has 3 aromatic rings. The Morgan fingerprint density at radius 1 is 1.00 bits per heavy atom. The zero-order valence-electron chi connectivity index (χ0n) is 14.9. The van der Waals surface area contributed by atoms with Gasteiger partial charge in [0, 0.05) is 16.3 Å². The van der Waals surface area contributed by atoms with Crippen molar-refractivity contribution in [2.24, 2.45) is 0 Å². The third-order valence-electron chi connectivity index (χ3n) is 3.72. The lowest BCUT2D eigenvalue weighted by Crippen LogP contribution is -2.14. The summed E-state index contributed by atoms with van der Waals surface area (Å²) in [6.45, 7) is 0. The molecule has 1 heterocycles. The van der Waals surface area contributed by atoms with Crippen molar-refractivity contribution in [1.29, 1.82) is 0 Å². The van der Waals surface area contributed by atoms with E-state index in [0.717, 1.165) is 11.3 Å². The number of carbonyl (C=O) groups is 2. The number of esters is 1. The summed E-state index contributed by atoms with van der Waals surface area (Å²) in [5.74, 6) is -0.415. The highest BCUT2D eigenvalue weighted by atomic mass is 35.5. The molecule has 8 heteroatoms. The van der Waals surface area contributed by atoms with E-state index in [1.54, 1.807) is 36.4 Å². The maximum atomic E-state index is 12.1. The number of benzene rings is 2. The van der Waals surface area contributed by atoms with Crippen molar-refractivity contribution in [2.75, 3.05) is 18.2 Å². The van der Waals surface area contributed by atoms with Crippen LogP contribution in [0.2, 0.25) is 5.02 Å². The van der Waals surface area contributed by atoms with Crippen LogP contribution in [-0.4, -0.2) is 34.9 Å². The van der Waals surface area contributed by atoms with Crippen molar-refractivity contribution in [1.82, 2.24) is 10.2 Å². The van der Waals surface area contributed by atoms with Crippen LogP contribution in [-0.2, 0) is 9.53 Å². The Morgan fingerprint density at radius 3 is 2.32 bits per heavy atom. The van der Waals surface area contributed by atoms with Crippen LogP contribution in [0.3, 0.4) is 0 Å². The highest BCUT2D eigenvalue weighted by molar-refractivity contribution is 7.99. The Morgan fingerprint density at radius 2 is 1.71 bits per heavy atom. The first-order valence-electron chi connectivity index (χ1n) is 8.26. The van der Waals surface area contributed by atoms with Crippen LogP contribution in [0.25, 0.3) is 11.3 Å². The molecule has 0 aliphatic rings. The number of nitrogens with one attached hydrogen (secondary N) is 1. The van der Waals surface area contributed by atoms with Gasteiger partial charge < -0.3 is 10.1 Å². The van der Waals surface area contributed by atoms with Crippen molar-refractivity contribution >= 4 is 40.9 Å². The lowest BCUT2D eigenvalue weighted by Gasteiger charge is -2.06. The molecule has 0 aliphatic heterocycles. The molecule has 0 fully saturated rings. The van der Waals surface area contributed by atoms with Gasteiger partial charge in [-0.1, -0.05) is 35.5 Å². The molecule has 0 saturated heterocycles. The number of ether oxygens (including phenoxy) is 1. The number of nitrogens with zero attached hydrogens (tertiary/aromatic N) is 2. The maximum absolute atomic E-state index is 12.1. The predicted molar refractivity (Wildman–Crippen MR) is 110 cm³/mol. The lowest BCUT2D eigenvalue weighted by molar-refractivity contribution is -0.113. The quantitative estimate of drug-likeness (QED) is 0.479. The first-order valence-corrected chi connectivity index (χ1v) is 9.62. The van der Waals surface area contributed by atoms with E-state index >= 15 is 0 Å². The van der Waals surface area contributed by atoms with Crippen molar-refractivity contribution < 1.29 is 14.3 Å². The number of amides is 1. The zero-order chi connectivity index (χ0) is 19.9. The number of rotatable bonds is 6. The molecule has 1 N–H and O–H groups in total. The Kier molecular flexibility index (Phi) is 6.62. The fourth-order valence-electron chi connectivity index (χ4n) is 2.32. The Bertz CT molecular complexity index is 961. The van der Waals surface area contributed by atoms with Crippen molar-refractivity contribution in [2.45, 2.75) is 5.03 Å². The SMILES string of the molecule is COC(=O)c1ccc(NC(=O)CSc2ccc(-c3ccc(Cl)cc3)nn2)cc1. The van der Waals surface area contributed by atoms with Gasteiger partial charge in [0.05, 0.1) is 24.1 Å². The molecule has 0 atom stereocenters. The minimum atomic E-state index is -0.422. The largest absolute Gasteiger partial charge is 0.465 e. The van der Waals surface area contributed by atoms with E-state index in [9.17, 15) is 9.59 Å². The van der Waals surface area contributed by atoms with Gasteiger partial charge in [-0.3, -0.25) is 4.79 Å². The number of aromatic nitrogens is 2. The number of halogens is 1. The predicted octanol–water partition coefficient (Wildman–Crippen LogP) is 4.31. The Balaban J connectivity index is 1.53. The Labute approximate surface area is 171 Å². The average Bonchev–Trinajstić information content (AvgIpc) is 2.73. The zero-order valence-corrected chi connectivity index (χ0v) is 16.5. The third kappa shape index (κ3) is 5.31. The molecule has 0 aliphatic carbocycles. The summed E-state index contributed by atoms with van der Waals surface area (Å²) >= 11 is 7.17. The summed E-state index contributed by atoms with van der Waals surface area (Å²) in [5, 5.41) is 12.4. The van der Waals surface area contributed by atoms with Gasteiger partial charge in [-0.25, -0.2) is 4.79 Å². The van der Waals surface area contributed by atoms with E-state index < -0.39 is 5.97 Å². The van der Waals surface area contributed by atoms with E-state index in [1.807, 2.05) is 24.3 Å². The molecular weight excluding hydrogens is 398 g/mol. The summed E-state index contributed by atoms with van der Waals surface area (Å²) in [6.07, 6.45) is 0. The second kappa shape index (κ2) is 9.34. The van der Waals surface area contributed by atoms with E-state index in [1.165, 1.54) is 18.9 Å². The third-order valence-corrected chi connectivity index (χ3v) is 4.89. The molecule has 0 saturated carbocycles. The van der Waals surface area contributed by atoms with Crippen LogP contribution in [0, 0.1) is 0 Å². The number of hydrogen-bond acceptors (Lipinski definition) is 6. The van der Waals surface area contributed by atoms with Crippen LogP contribution >= 0.6 is 23.4 Å². The second-order valence-electron chi connectivity index (χ2n) is 5.67. The lowest BCUT2D eigenvalue weighted by atomic mass is 10.1. The summed E-state index contributed by atoms with van der Waals surface area (Å²) in [5.41, 5.74) is 2.67. The molecule has 142 valence electrons. The van der Waals surface area contributed by atoms with Crippen molar-refractivity contribution in [3.63, 3.8) is 0 Å². The average molecular weight is 414 g/mol. The molecule has 0 unspecified atom stereocenters. The second-order valence-corrected chi connectivity index (χ2v) is 7.10. The minimum Gasteiger partial charge on any atom is -0.465 e. The number of anilines is 1. The molecule has 1 aromatic heterocycles. The fourth-order valence-corrected chi connectivity index (χ4v) is 3.06. The first-order chi connectivity index (χ1) is 13.5. The smallest absolute Gasteiger partial charge is 0.337 e. The van der Waals surface area contributed by atoms with Crippen molar-refractivity contribution in [3.8, 4) is 11.3 Å². The number of methoxy groups -OCH3 is 1. The van der Waals surface area contributed by atoms with Gasteiger partial charge in [-0.15, -0.1) is 10.2 Å². The standard InChI is InChI=1S/C20H16ClN3O3S/c1-27-20(26)14-4-8-16(9-5-14)22-18(25)12-28-19-11-10-17(23-24-19)13-2-6-15(21)7-3-13/h2-11H,12H2,1H3,(H,22,25). The molecule has 2 aromatic carbocycles. The normalized spacial score (nSPS) is 10.4. The van der Waals surface area contributed by atoms with Gasteiger partial charge in [0.25, 0.3) is 0 Å². The fraction of sp³-hybridized carbons (Fsp3) is 0.100. The van der Waals surface area contributed by atoms with Crippen molar-refractivity contribution in [3.05, 3.63) is 71.2 Å². The minimum absolute atomic E-state index is 0.181. The molecule has 0 radical (unpaired) electrons. The summed E-state index contributed by atoms with van der Waals surface area (Å²) in [6, 6.07) is 17.5. The van der Waals surface area contributed by atoms with E-state index in [4.69, 9.17) is 11.6 Å². The van der Waals surface area contributed by atoms with Gasteiger partial charge in [0.1, 0.15) is 5.03 Å². The topological polar surface area (TPSA) is 81.2 Å². The molecule has 28 heavy (non-hydrogen) atoms. The van der Waals surface area contributed by atoms with E-state index in [0.29, 0.717) is 21.3 Å². The molecule has 0 spiro atoms. The number of hydrogen-bond donors (Lipinski definition) is 1. The van der Waals surface area contributed by atoms with Gasteiger partial charge in [-0.05, 0) is 48.5 Å². The first kappa shape index (κ1) is 19.9. The van der Waals surface area contributed by atoms with Gasteiger partial charge >= 0.3 is 5.97 Å². The van der Waals surface area contributed by atoms with Crippen LogP contribution < -0.4 is 5.32 Å². The van der Waals surface area contributed by atoms with Crippen LogP contribution in [0.1, 0.15) is 10.4 Å². The number of thioether (sulfide) groups is 1. The van der Waals surface area contributed by atoms with E-state index in [-0.39, 0.29) is 11.7 Å². The molecule has 3 rings (SSSR count). The van der Waals surface area contributed by atoms with Crippen LogP contribution in [0.4, 0.5) is 5.69 Å².